The number of allylic oxidation sites excluding steroid dienone is 3. The number of halogens is 1. The number of methoxy groups -OCH3 is 1. The van der Waals surface area contributed by atoms with Crippen molar-refractivity contribution < 1.29 is 13.9 Å². The average Bonchev–Trinajstić information content (AvgIpc) is 2.83. The molecule has 0 saturated heterocycles. The molecule has 8 heteroatoms. The number of fused-ring (bicyclic) bond motifs is 1. The van der Waals surface area contributed by atoms with Gasteiger partial charge in [-0.05, 0) is 31.8 Å². The number of nitrogens with one attached hydrogen (secondary N) is 2. The van der Waals surface area contributed by atoms with E-state index < -0.39 is 11.5 Å². The van der Waals surface area contributed by atoms with Crippen molar-refractivity contribution in [2.45, 2.75) is 38.6 Å². The SMILES string of the molecule is COc1c(C(=O)NCC2=CC=C(F)CC2)nc2n(c1=O)CCCCC2=N. The zero-order valence-corrected chi connectivity index (χ0v) is 14.6. The summed E-state index contributed by atoms with van der Waals surface area (Å²) in [4.78, 5) is 29.5. The van der Waals surface area contributed by atoms with Gasteiger partial charge in [-0.2, -0.15) is 0 Å². The number of amides is 1. The maximum atomic E-state index is 13.0. The van der Waals surface area contributed by atoms with Gasteiger partial charge in [-0.3, -0.25) is 14.2 Å². The molecule has 0 saturated carbocycles. The fourth-order valence-corrected chi connectivity index (χ4v) is 3.08. The Balaban J connectivity index is 1.89. The molecule has 0 aromatic carbocycles. The highest BCUT2D eigenvalue weighted by atomic mass is 19.1. The summed E-state index contributed by atoms with van der Waals surface area (Å²) in [6, 6.07) is 0. The quantitative estimate of drug-likeness (QED) is 0.859. The Labute approximate surface area is 150 Å². The lowest BCUT2D eigenvalue weighted by molar-refractivity contribution is 0.0947. The Kier molecular flexibility index (Phi) is 5.29. The molecule has 0 unspecified atom stereocenters. The third-order valence-electron chi connectivity index (χ3n) is 4.54. The van der Waals surface area contributed by atoms with E-state index in [0.29, 0.717) is 25.8 Å². The van der Waals surface area contributed by atoms with Crippen molar-refractivity contribution in [3.63, 3.8) is 0 Å². The van der Waals surface area contributed by atoms with Crippen molar-refractivity contribution in [3.05, 3.63) is 45.4 Å². The molecule has 0 spiro atoms. The monoisotopic (exact) mass is 360 g/mol. The Morgan fingerprint density at radius 2 is 2.15 bits per heavy atom. The van der Waals surface area contributed by atoms with Gasteiger partial charge in [0.15, 0.2) is 11.5 Å². The summed E-state index contributed by atoms with van der Waals surface area (Å²) in [5.41, 5.74) is 0.564. The fourth-order valence-electron chi connectivity index (χ4n) is 3.08. The van der Waals surface area contributed by atoms with E-state index in [0.717, 1.165) is 18.4 Å². The van der Waals surface area contributed by atoms with Gasteiger partial charge < -0.3 is 15.5 Å². The van der Waals surface area contributed by atoms with Crippen molar-refractivity contribution >= 4 is 11.6 Å². The highest BCUT2D eigenvalue weighted by molar-refractivity contribution is 5.99. The number of nitrogens with zero attached hydrogens (tertiary/aromatic N) is 2. The summed E-state index contributed by atoms with van der Waals surface area (Å²) in [6.07, 6.45) is 5.97. The molecular formula is C18H21FN4O3. The van der Waals surface area contributed by atoms with Crippen LogP contribution in [-0.4, -0.2) is 34.8 Å². The summed E-state index contributed by atoms with van der Waals surface area (Å²) in [7, 11) is 1.32. The van der Waals surface area contributed by atoms with Crippen LogP contribution in [-0.2, 0) is 6.54 Å². The van der Waals surface area contributed by atoms with Crippen molar-refractivity contribution in [1.29, 1.82) is 5.41 Å². The van der Waals surface area contributed by atoms with Crippen LogP contribution in [0.2, 0.25) is 0 Å². The minimum absolute atomic E-state index is 0.117. The Morgan fingerprint density at radius 1 is 1.35 bits per heavy atom. The average molecular weight is 360 g/mol. The van der Waals surface area contributed by atoms with E-state index in [4.69, 9.17) is 10.1 Å². The number of carbonyl (C=O) groups is 1. The lowest BCUT2D eigenvalue weighted by Gasteiger charge is -2.15. The van der Waals surface area contributed by atoms with Crippen LogP contribution in [0.1, 0.15) is 48.4 Å². The molecule has 1 amide bonds. The van der Waals surface area contributed by atoms with Crippen LogP contribution in [0.5, 0.6) is 5.75 Å². The second-order valence-electron chi connectivity index (χ2n) is 6.33. The summed E-state index contributed by atoms with van der Waals surface area (Å²) in [5, 5.41) is 10.8. The molecule has 0 fully saturated rings. The lowest BCUT2D eigenvalue weighted by Crippen LogP contribution is -2.34. The first-order valence-corrected chi connectivity index (χ1v) is 8.60. The predicted molar refractivity (Wildman–Crippen MR) is 94.6 cm³/mol. The van der Waals surface area contributed by atoms with Crippen LogP contribution in [0.25, 0.3) is 0 Å². The van der Waals surface area contributed by atoms with Crippen molar-refractivity contribution in [2.24, 2.45) is 0 Å². The molecule has 7 nitrogen and oxygen atoms in total. The number of aromatic nitrogens is 2. The van der Waals surface area contributed by atoms with Gasteiger partial charge in [0, 0.05) is 19.5 Å². The van der Waals surface area contributed by atoms with E-state index in [2.05, 4.69) is 10.3 Å². The molecule has 1 aromatic rings. The van der Waals surface area contributed by atoms with Gasteiger partial charge >= 0.3 is 0 Å². The molecule has 26 heavy (non-hydrogen) atoms. The molecule has 2 aliphatic rings. The number of ether oxygens (including phenoxy) is 1. The van der Waals surface area contributed by atoms with E-state index in [1.165, 1.54) is 17.8 Å². The molecule has 1 aromatic heterocycles. The largest absolute Gasteiger partial charge is 0.489 e. The molecule has 1 aliphatic carbocycles. The van der Waals surface area contributed by atoms with Gasteiger partial charge in [-0.15, -0.1) is 0 Å². The van der Waals surface area contributed by atoms with Gasteiger partial charge in [-0.25, -0.2) is 9.37 Å². The molecule has 1 aliphatic heterocycles. The van der Waals surface area contributed by atoms with Crippen LogP contribution < -0.4 is 15.6 Å². The van der Waals surface area contributed by atoms with Crippen LogP contribution in [0.3, 0.4) is 0 Å². The van der Waals surface area contributed by atoms with Gasteiger partial charge in [0.05, 0.1) is 12.8 Å². The molecule has 0 atom stereocenters. The highest BCUT2D eigenvalue weighted by Gasteiger charge is 2.25. The van der Waals surface area contributed by atoms with Gasteiger partial charge in [-0.1, -0.05) is 11.6 Å². The number of rotatable bonds is 4. The van der Waals surface area contributed by atoms with Crippen LogP contribution in [0.4, 0.5) is 4.39 Å². The number of hydrogen-bond donors (Lipinski definition) is 2. The minimum atomic E-state index is -0.546. The molecule has 0 radical (unpaired) electrons. The van der Waals surface area contributed by atoms with Gasteiger partial charge in [0.2, 0.25) is 5.75 Å². The Hall–Kier alpha value is -2.77. The van der Waals surface area contributed by atoms with Crippen LogP contribution in [0, 0.1) is 5.41 Å². The van der Waals surface area contributed by atoms with Crippen LogP contribution in [0.15, 0.2) is 28.3 Å². The standard InChI is InChI=1S/C18H21FN4O3/c1-26-15-14(17(24)21-10-11-5-7-12(19)8-6-11)22-16-13(20)4-2-3-9-23(16)18(15)25/h5,7,20H,2-4,6,8-10H2,1H3,(H,21,24). The normalized spacial score (nSPS) is 16.9. The second kappa shape index (κ2) is 7.63. The smallest absolute Gasteiger partial charge is 0.297 e. The fraction of sp³-hybridized carbons (Fsp3) is 0.444. The summed E-state index contributed by atoms with van der Waals surface area (Å²) < 4.78 is 19.6. The molecule has 2 N–H and O–H groups in total. The summed E-state index contributed by atoms with van der Waals surface area (Å²) >= 11 is 0. The first-order chi connectivity index (χ1) is 12.5. The van der Waals surface area contributed by atoms with E-state index >= 15 is 0 Å². The van der Waals surface area contributed by atoms with E-state index in [9.17, 15) is 14.0 Å². The minimum Gasteiger partial charge on any atom is -0.489 e. The molecule has 138 valence electrons. The zero-order valence-electron chi connectivity index (χ0n) is 14.6. The summed E-state index contributed by atoms with van der Waals surface area (Å²) in [5.74, 6) is -0.624. The molecule has 3 rings (SSSR count). The molecule has 2 heterocycles. The lowest BCUT2D eigenvalue weighted by atomic mass is 10.0. The van der Waals surface area contributed by atoms with E-state index in [-0.39, 0.29) is 35.4 Å². The number of hydrogen-bond acceptors (Lipinski definition) is 5. The zero-order chi connectivity index (χ0) is 18.7. The topological polar surface area (TPSA) is 97.1 Å². The van der Waals surface area contributed by atoms with E-state index in [1.54, 1.807) is 6.08 Å². The first-order valence-electron chi connectivity index (χ1n) is 8.60. The maximum absolute atomic E-state index is 13.0. The van der Waals surface area contributed by atoms with Crippen molar-refractivity contribution in [1.82, 2.24) is 14.9 Å². The van der Waals surface area contributed by atoms with E-state index in [1.807, 2.05) is 0 Å². The third-order valence-corrected chi connectivity index (χ3v) is 4.54. The van der Waals surface area contributed by atoms with Crippen molar-refractivity contribution in [3.8, 4) is 5.75 Å². The molecule has 0 bridgehead atoms. The number of carbonyl (C=O) groups excluding carboxylic acids is 1. The molecular weight excluding hydrogens is 339 g/mol. The maximum Gasteiger partial charge on any atom is 0.297 e. The van der Waals surface area contributed by atoms with Gasteiger partial charge in [0.1, 0.15) is 5.83 Å². The summed E-state index contributed by atoms with van der Waals surface area (Å²) in [6.45, 7) is 0.690. The third kappa shape index (κ3) is 3.58. The Morgan fingerprint density at radius 3 is 2.85 bits per heavy atom. The first kappa shape index (κ1) is 18.0. The highest BCUT2D eigenvalue weighted by Crippen LogP contribution is 2.19. The predicted octanol–water partition coefficient (Wildman–Crippen LogP) is 2.11. The van der Waals surface area contributed by atoms with Gasteiger partial charge in [0.25, 0.3) is 11.5 Å². The van der Waals surface area contributed by atoms with Crippen LogP contribution >= 0.6 is 0 Å². The second-order valence-corrected chi connectivity index (χ2v) is 6.33. The Bertz CT molecular complexity index is 870. The van der Waals surface area contributed by atoms with Crippen molar-refractivity contribution in [2.75, 3.05) is 13.7 Å².